The molecule has 42 heavy (non-hydrogen) atoms. The van der Waals surface area contributed by atoms with Gasteiger partial charge in [0.1, 0.15) is 5.82 Å². The van der Waals surface area contributed by atoms with Gasteiger partial charge in [0.15, 0.2) is 5.82 Å². The third kappa shape index (κ3) is 3.75. The van der Waals surface area contributed by atoms with E-state index in [4.69, 9.17) is 0 Å². The maximum atomic E-state index is 13.4. The van der Waals surface area contributed by atoms with Crippen LogP contribution in [0.2, 0.25) is 0 Å². The third-order valence-corrected chi connectivity index (χ3v) is 6.65. The number of carboxylic acids is 2. The van der Waals surface area contributed by atoms with Crippen molar-refractivity contribution in [1.82, 2.24) is 24.5 Å². The molecule has 2 N–H and O–H groups in total. The van der Waals surface area contributed by atoms with Gasteiger partial charge >= 0.3 is 11.9 Å². The topological polar surface area (TPSA) is 206 Å². The average Bonchev–Trinajstić information content (AvgIpc) is 3.59. The lowest BCUT2D eigenvalue weighted by atomic mass is 10.1. The van der Waals surface area contributed by atoms with Crippen molar-refractivity contribution in [3.05, 3.63) is 100 Å². The van der Waals surface area contributed by atoms with Gasteiger partial charge in [0, 0.05) is 12.4 Å². The maximum absolute atomic E-state index is 13.4. The van der Waals surface area contributed by atoms with Crippen LogP contribution in [0.15, 0.2) is 55.4 Å². The van der Waals surface area contributed by atoms with Crippen molar-refractivity contribution in [3.63, 3.8) is 0 Å². The lowest BCUT2D eigenvalue weighted by Gasteiger charge is -2.18. The number of anilines is 2. The van der Waals surface area contributed by atoms with Crippen LogP contribution in [-0.4, -0.2) is 70.3 Å². The predicted octanol–water partition coefficient (Wildman–Crippen LogP) is 1.89. The second-order valence-electron chi connectivity index (χ2n) is 9.07. The number of nitrogens with zero attached hydrogens (tertiary/aromatic N) is 7. The number of imidazole rings is 1. The minimum Gasteiger partial charge on any atom is -0.478 e. The normalized spacial score (nSPS) is 13.9. The Morgan fingerprint density at radius 1 is 0.714 bits per heavy atom. The summed E-state index contributed by atoms with van der Waals surface area (Å²) in [5, 5.41) is 18.7. The van der Waals surface area contributed by atoms with Gasteiger partial charge in [0.25, 0.3) is 23.6 Å². The van der Waals surface area contributed by atoms with E-state index in [0.29, 0.717) is 15.6 Å². The molecule has 2 aliphatic heterocycles. The van der Waals surface area contributed by atoms with E-state index in [-0.39, 0.29) is 44.9 Å². The molecule has 0 bridgehead atoms. The lowest BCUT2D eigenvalue weighted by Crippen LogP contribution is -2.35. The van der Waals surface area contributed by atoms with Crippen LogP contribution >= 0.6 is 0 Å². The third-order valence-electron chi connectivity index (χ3n) is 6.65. The Morgan fingerprint density at radius 3 is 1.57 bits per heavy atom. The van der Waals surface area contributed by atoms with Crippen LogP contribution in [0.4, 0.5) is 11.9 Å². The van der Waals surface area contributed by atoms with Crippen LogP contribution in [-0.2, 0) is 0 Å². The van der Waals surface area contributed by atoms with Crippen molar-refractivity contribution in [3.8, 4) is 0 Å². The molecule has 2 aromatic carbocycles. The summed E-state index contributed by atoms with van der Waals surface area (Å²) in [6.07, 6.45) is 3.00. The molecule has 4 amide bonds. The Hall–Kier alpha value is -6.38. The Kier molecular flexibility index (Phi) is 5.60. The summed E-state index contributed by atoms with van der Waals surface area (Å²) in [4.78, 5) is 94.0. The summed E-state index contributed by atoms with van der Waals surface area (Å²) in [5.41, 5.74) is -1.03. The molecule has 206 valence electrons. The Labute approximate surface area is 234 Å². The molecular formula is C27H15N7O8. The standard InChI is InChI=1S/C27H15N7O8/c1-11(32-8-7-28-12(32)2)19-29-26(33-20(35)15-5-3-13(24(39)40)9-17(15)22(33)37)31-27(30-19)34-21(36)16-6-4-14(25(41)42)10-18(16)23(34)38/h3-10H,1H2,2H3,(H,39,40)(H,41,42). The van der Waals surface area contributed by atoms with E-state index in [0.717, 1.165) is 24.3 Å². The highest BCUT2D eigenvalue weighted by Gasteiger charge is 2.43. The first-order valence-corrected chi connectivity index (χ1v) is 12.0. The first kappa shape index (κ1) is 25.9. The molecule has 0 saturated heterocycles. The SMILES string of the molecule is C=C(c1nc(N2C(=O)c3ccc(C(=O)O)cc3C2=O)nc(N2C(=O)c3ccc(C(=O)O)cc3C2=O)n1)n1ccnc1C. The number of amides is 4. The molecule has 0 saturated carbocycles. The van der Waals surface area contributed by atoms with E-state index < -0.39 is 47.5 Å². The second-order valence-corrected chi connectivity index (χ2v) is 9.07. The fraction of sp³-hybridized carbons (Fsp3) is 0.0370. The second kappa shape index (κ2) is 9.09. The minimum atomic E-state index is -1.31. The molecule has 15 nitrogen and oxygen atoms in total. The zero-order chi connectivity index (χ0) is 30.0. The molecule has 0 unspecified atom stereocenters. The lowest BCUT2D eigenvalue weighted by molar-refractivity contribution is 0.0686. The largest absolute Gasteiger partial charge is 0.478 e. The number of carbonyl (C=O) groups is 6. The van der Waals surface area contributed by atoms with Crippen LogP contribution in [0, 0.1) is 6.92 Å². The quantitative estimate of drug-likeness (QED) is 0.322. The Balaban J connectivity index is 1.50. The van der Waals surface area contributed by atoms with Gasteiger partial charge in [-0.2, -0.15) is 15.0 Å². The number of aromatic nitrogens is 5. The molecule has 4 aromatic rings. The number of benzene rings is 2. The zero-order valence-electron chi connectivity index (χ0n) is 21.3. The molecular weight excluding hydrogens is 550 g/mol. The highest BCUT2D eigenvalue weighted by molar-refractivity contribution is 6.35. The van der Waals surface area contributed by atoms with Gasteiger partial charge in [-0.05, 0) is 43.3 Å². The van der Waals surface area contributed by atoms with Gasteiger partial charge in [-0.15, -0.1) is 0 Å². The van der Waals surface area contributed by atoms with E-state index in [1.165, 1.54) is 29.1 Å². The fourth-order valence-corrected chi connectivity index (χ4v) is 4.56. The number of rotatable bonds is 6. The van der Waals surface area contributed by atoms with Gasteiger partial charge in [-0.25, -0.2) is 24.4 Å². The summed E-state index contributed by atoms with van der Waals surface area (Å²) in [6, 6.07) is 6.76. The number of aromatic carboxylic acids is 2. The van der Waals surface area contributed by atoms with Crippen LogP contribution in [0.5, 0.6) is 0 Å². The van der Waals surface area contributed by atoms with Crippen molar-refractivity contribution >= 4 is 53.2 Å². The zero-order valence-corrected chi connectivity index (χ0v) is 21.3. The summed E-state index contributed by atoms with van der Waals surface area (Å²) < 4.78 is 1.48. The monoisotopic (exact) mass is 565 g/mol. The molecule has 0 fully saturated rings. The molecule has 0 radical (unpaired) electrons. The van der Waals surface area contributed by atoms with Gasteiger partial charge in [-0.1, -0.05) is 6.58 Å². The summed E-state index contributed by atoms with van der Waals surface area (Å²) in [6.45, 7) is 5.60. The van der Waals surface area contributed by atoms with Crippen molar-refractivity contribution in [2.45, 2.75) is 6.92 Å². The summed E-state index contributed by atoms with van der Waals surface area (Å²) in [5.74, 6) is -7.19. The van der Waals surface area contributed by atoms with Gasteiger partial charge in [-0.3, -0.25) is 19.2 Å². The molecule has 0 spiro atoms. The number of hydrogen-bond acceptors (Lipinski definition) is 10. The number of imide groups is 2. The number of aryl methyl sites for hydroxylation is 1. The number of hydrogen-bond donors (Lipinski definition) is 2. The highest BCUT2D eigenvalue weighted by Crippen LogP contribution is 2.32. The maximum Gasteiger partial charge on any atom is 0.335 e. The van der Waals surface area contributed by atoms with E-state index >= 15 is 0 Å². The summed E-state index contributed by atoms with van der Waals surface area (Å²) in [7, 11) is 0. The predicted molar refractivity (Wildman–Crippen MR) is 140 cm³/mol. The molecule has 15 heteroatoms. The van der Waals surface area contributed by atoms with E-state index in [9.17, 15) is 39.0 Å². The average molecular weight is 565 g/mol. The molecule has 0 atom stereocenters. The molecule has 6 rings (SSSR count). The van der Waals surface area contributed by atoms with Gasteiger partial charge in [0.05, 0.1) is 39.1 Å². The van der Waals surface area contributed by atoms with Crippen LogP contribution in [0.3, 0.4) is 0 Å². The van der Waals surface area contributed by atoms with Crippen LogP contribution < -0.4 is 9.80 Å². The van der Waals surface area contributed by atoms with Crippen LogP contribution in [0.25, 0.3) is 5.70 Å². The number of carboxylic acid groups (broad SMARTS) is 2. The van der Waals surface area contributed by atoms with E-state index in [2.05, 4.69) is 26.5 Å². The van der Waals surface area contributed by atoms with E-state index in [1.807, 2.05) is 0 Å². The molecule has 2 aliphatic rings. The number of fused-ring (bicyclic) bond motifs is 2. The summed E-state index contributed by atoms with van der Waals surface area (Å²) >= 11 is 0. The first-order chi connectivity index (χ1) is 20.0. The van der Waals surface area contributed by atoms with Crippen molar-refractivity contribution in [1.29, 1.82) is 0 Å². The molecule has 0 aliphatic carbocycles. The number of carbonyl (C=O) groups excluding carboxylic acids is 4. The van der Waals surface area contributed by atoms with Crippen molar-refractivity contribution in [2.75, 3.05) is 9.80 Å². The molecule has 2 aromatic heterocycles. The van der Waals surface area contributed by atoms with Crippen molar-refractivity contribution < 1.29 is 39.0 Å². The van der Waals surface area contributed by atoms with Gasteiger partial charge < -0.3 is 14.8 Å². The van der Waals surface area contributed by atoms with Crippen LogP contribution in [0.1, 0.15) is 73.8 Å². The first-order valence-electron chi connectivity index (χ1n) is 12.0. The Morgan fingerprint density at radius 2 is 1.17 bits per heavy atom. The fourth-order valence-electron chi connectivity index (χ4n) is 4.56. The van der Waals surface area contributed by atoms with Crippen molar-refractivity contribution in [2.24, 2.45) is 0 Å². The molecule has 4 heterocycles. The van der Waals surface area contributed by atoms with E-state index in [1.54, 1.807) is 6.92 Å². The van der Waals surface area contributed by atoms with Gasteiger partial charge in [0.2, 0.25) is 11.9 Å². The highest BCUT2D eigenvalue weighted by atomic mass is 16.4. The Bertz CT molecular complexity index is 1870. The minimum absolute atomic E-state index is 0.0874. The smallest absolute Gasteiger partial charge is 0.335 e.